The van der Waals surface area contributed by atoms with Crippen LogP contribution in [-0.4, -0.2) is 22.5 Å². The van der Waals surface area contributed by atoms with Crippen molar-refractivity contribution < 1.29 is 19.4 Å². The molecule has 25 heavy (non-hydrogen) atoms. The van der Waals surface area contributed by atoms with Crippen LogP contribution in [0.5, 0.6) is 11.5 Å². The van der Waals surface area contributed by atoms with Crippen molar-refractivity contribution in [1.29, 1.82) is 0 Å². The van der Waals surface area contributed by atoms with E-state index in [1.54, 1.807) is 18.2 Å². The maximum Gasteiger partial charge on any atom is 0.199 e. The summed E-state index contributed by atoms with van der Waals surface area (Å²) in [6.07, 6.45) is 0.789. The molecule has 3 aromatic rings. The van der Waals surface area contributed by atoms with Crippen molar-refractivity contribution in [3.05, 3.63) is 77.7 Å². The zero-order valence-electron chi connectivity index (χ0n) is 13.3. The minimum absolute atomic E-state index is 0.0730. The molecular formula is C20H15NO4. The minimum atomic E-state index is -0.252. The molecule has 1 aliphatic rings. The molecule has 0 bridgehead atoms. The fourth-order valence-corrected chi connectivity index (χ4v) is 2.74. The fraction of sp³-hybridized carbons (Fsp3) is 0.100. The number of fused-ring (bicyclic) bond motifs is 2. The number of carbonyl (C=O) groups excluding carboxylic acids is 1. The zero-order valence-corrected chi connectivity index (χ0v) is 13.3. The van der Waals surface area contributed by atoms with Gasteiger partial charge in [-0.15, -0.1) is 0 Å². The SMILES string of the molecule is O=C1/C(=C/O)COc2ccc(OCc3ccc4ccccc4n3)cc21. The van der Waals surface area contributed by atoms with Crippen LogP contribution in [0.25, 0.3) is 10.9 Å². The van der Waals surface area contributed by atoms with Crippen molar-refractivity contribution in [3.63, 3.8) is 0 Å². The molecule has 2 heterocycles. The maximum atomic E-state index is 12.2. The van der Waals surface area contributed by atoms with E-state index >= 15 is 0 Å². The van der Waals surface area contributed by atoms with Gasteiger partial charge in [0.2, 0.25) is 0 Å². The summed E-state index contributed by atoms with van der Waals surface area (Å²) in [7, 11) is 0. The third-order valence-corrected chi connectivity index (χ3v) is 4.07. The number of aliphatic hydroxyl groups is 1. The van der Waals surface area contributed by atoms with Gasteiger partial charge in [0, 0.05) is 5.39 Å². The second-order valence-electron chi connectivity index (χ2n) is 5.71. The normalized spacial score (nSPS) is 15.0. The van der Waals surface area contributed by atoms with Crippen molar-refractivity contribution in [2.75, 3.05) is 6.61 Å². The Morgan fingerprint density at radius 2 is 2.04 bits per heavy atom. The van der Waals surface area contributed by atoms with Gasteiger partial charge in [-0.1, -0.05) is 24.3 Å². The van der Waals surface area contributed by atoms with Crippen molar-refractivity contribution in [1.82, 2.24) is 4.98 Å². The summed E-state index contributed by atoms with van der Waals surface area (Å²) in [6.45, 7) is 0.366. The minimum Gasteiger partial charge on any atom is -0.515 e. The molecule has 0 saturated carbocycles. The molecule has 1 aliphatic heterocycles. The summed E-state index contributed by atoms with van der Waals surface area (Å²) in [4.78, 5) is 16.8. The molecule has 5 heteroatoms. The summed E-state index contributed by atoms with van der Waals surface area (Å²) in [5.74, 6) is 0.787. The Labute approximate surface area is 144 Å². The van der Waals surface area contributed by atoms with E-state index in [4.69, 9.17) is 14.6 Å². The third kappa shape index (κ3) is 2.92. The molecule has 0 unspecified atom stereocenters. The Balaban J connectivity index is 1.55. The first-order chi connectivity index (χ1) is 12.2. The van der Waals surface area contributed by atoms with Crippen LogP contribution in [0.1, 0.15) is 16.1 Å². The molecule has 0 atom stereocenters. The van der Waals surface area contributed by atoms with E-state index in [0.29, 0.717) is 23.7 Å². The largest absolute Gasteiger partial charge is 0.515 e. The van der Waals surface area contributed by atoms with Crippen LogP contribution in [-0.2, 0) is 6.61 Å². The van der Waals surface area contributed by atoms with Gasteiger partial charge in [-0.3, -0.25) is 4.79 Å². The van der Waals surface area contributed by atoms with Crippen LogP contribution >= 0.6 is 0 Å². The van der Waals surface area contributed by atoms with E-state index in [1.165, 1.54) is 0 Å². The second kappa shape index (κ2) is 6.28. The van der Waals surface area contributed by atoms with Gasteiger partial charge in [0.1, 0.15) is 24.7 Å². The van der Waals surface area contributed by atoms with E-state index in [-0.39, 0.29) is 18.0 Å². The first kappa shape index (κ1) is 15.2. The predicted octanol–water partition coefficient (Wildman–Crippen LogP) is 3.83. The summed E-state index contributed by atoms with van der Waals surface area (Å²) >= 11 is 0. The van der Waals surface area contributed by atoms with Crippen LogP contribution in [0.2, 0.25) is 0 Å². The van der Waals surface area contributed by atoms with Gasteiger partial charge in [0.25, 0.3) is 0 Å². The fourth-order valence-electron chi connectivity index (χ4n) is 2.74. The number of aliphatic hydroxyl groups excluding tert-OH is 1. The lowest BCUT2D eigenvalue weighted by Crippen LogP contribution is -2.19. The highest BCUT2D eigenvalue weighted by atomic mass is 16.5. The average molecular weight is 333 g/mol. The van der Waals surface area contributed by atoms with Gasteiger partial charge >= 0.3 is 0 Å². The summed E-state index contributed by atoms with van der Waals surface area (Å²) in [5.41, 5.74) is 2.32. The topological polar surface area (TPSA) is 68.7 Å². The number of hydrogen-bond acceptors (Lipinski definition) is 5. The van der Waals surface area contributed by atoms with Gasteiger partial charge in [-0.2, -0.15) is 0 Å². The maximum absolute atomic E-state index is 12.2. The molecule has 1 aromatic heterocycles. The smallest absolute Gasteiger partial charge is 0.199 e. The zero-order chi connectivity index (χ0) is 17.2. The number of benzene rings is 2. The van der Waals surface area contributed by atoms with Gasteiger partial charge in [-0.05, 0) is 30.3 Å². The number of rotatable bonds is 3. The molecule has 0 aliphatic carbocycles. The monoisotopic (exact) mass is 333 g/mol. The van der Waals surface area contributed by atoms with E-state index in [2.05, 4.69) is 4.98 Å². The van der Waals surface area contributed by atoms with Crippen LogP contribution in [0.4, 0.5) is 0 Å². The molecule has 4 rings (SSSR count). The Bertz CT molecular complexity index is 994. The molecule has 0 saturated heterocycles. The third-order valence-electron chi connectivity index (χ3n) is 4.07. The van der Waals surface area contributed by atoms with Gasteiger partial charge < -0.3 is 14.6 Å². The number of nitrogens with zero attached hydrogens (tertiary/aromatic N) is 1. The van der Waals surface area contributed by atoms with Crippen molar-refractivity contribution >= 4 is 16.7 Å². The first-order valence-electron chi connectivity index (χ1n) is 7.87. The lowest BCUT2D eigenvalue weighted by atomic mass is 10.0. The number of pyridine rings is 1. The van der Waals surface area contributed by atoms with E-state index in [9.17, 15) is 4.79 Å². The summed E-state index contributed by atoms with van der Waals surface area (Å²) in [6, 6.07) is 16.9. The van der Waals surface area contributed by atoms with Crippen LogP contribution in [0, 0.1) is 0 Å². The van der Waals surface area contributed by atoms with E-state index in [1.807, 2.05) is 36.4 Å². The number of ether oxygens (including phenoxy) is 2. The Morgan fingerprint density at radius 1 is 1.16 bits per heavy atom. The van der Waals surface area contributed by atoms with Crippen molar-refractivity contribution in [3.8, 4) is 11.5 Å². The number of hydrogen-bond donors (Lipinski definition) is 1. The molecule has 0 spiro atoms. The molecule has 0 amide bonds. The summed E-state index contributed by atoms with van der Waals surface area (Å²) in [5, 5.41) is 10.2. The van der Waals surface area contributed by atoms with Crippen LogP contribution in [0.3, 0.4) is 0 Å². The lowest BCUT2D eigenvalue weighted by molar-refractivity contribution is 0.0994. The molecule has 0 fully saturated rings. The average Bonchev–Trinajstić information content (AvgIpc) is 2.67. The number of carbonyl (C=O) groups is 1. The lowest BCUT2D eigenvalue weighted by Gasteiger charge is -2.18. The number of aromatic nitrogens is 1. The number of Topliss-reactive ketones (excluding diaryl/α,β-unsaturated/α-hetero) is 1. The number of ketones is 1. The van der Waals surface area contributed by atoms with E-state index < -0.39 is 0 Å². The first-order valence-corrected chi connectivity index (χ1v) is 7.87. The molecule has 0 radical (unpaired) electrons. The molecule has 5 nitrogen and oxygen atoms in total. The van der Waals surface area contributed by atoms with Gasteiger partial charge in [-0.25, -0.2) is 4.98 Å². The van der Waals surface area contributed by atoms with Crippen LogP contribution in [0.15, 0.2) is 66.4 Å². The van der Waals surface area contributed by atoms with Crippen molar-refractivity contribution in [2.45, 2.75) is 6.61 Å². The Hall–Kier alpha value is -3.34. The Morgan fingerprint density at radius 3 is 2.92 bits per heavy atom. The van der Waals surface area contributed by atoms with Crippen molar-refractivity contribution in [2.24, 2.45) is 0 Å². The van der Waals surface area contributed by atoms with E-state index in [0.717, 1.165) is 22.9 Å². The molecule has 1 N–H and O–H groups in total. The highest BCUT2D eigenvalue weighted by molar-refractivity contribution is 6.11. The molecular weight excluding hydrogens is 318 g/mol. The molecule has 2 aromatic carbocycles. The standard InChI is InChI=1S/C20H15NO4/c22-10-14-11-25-19-8-7-16(9-17(19)20(14)23)24-12-15-6-5-13-3-1-2-4-18(13)21-15/h1-10,22H,11-12H2/b14-10+. The van der Waals surface area contributed by atoms with Gasteiger partial charge in [0.05, 0.1) is 28.6 Å². The highest BCUT2D eigenvalue weighted by Crippen LogP contribution is 2.30. The quantitative estimate of drug-likeness (QED) is 0.583. The Kier molecular flexibility index (Phi) is 3.82. The van der Waals surface area contributed by atoms with Crippen LogP contribution < -0.4 is 9.47 Å². The summed E-state index contributed by atoms with van der Waals surface area (Å²) < 4.78 is 11.2. The predicted molar refractivity (Wildman–Crippen MR) is 93.1 cm³/mol. The number of para-hydroxylation sites is 1. The second-order valence-corrected chi connectivity index (χ2v) is 5.71. The highest BCUT2D eigenvalue weighted by Gasteiger charge is 2.24. The van der Waals surface area contributed by atoms with Gasteiger partial charge in [0.15, 0.2) is 5.78 Å². The molecule has 124 valence electrons.